The maximum absolute atomic E-state index is 3.89. The summed E-state index contributed by atoms with van der Waals surface area (Å²) >= 11 is 0. The number of unbranched alkanes of at least 4 members (excludes halogenated alkanes) is 3. The maximum atomic E-state index is 3.89. The Labute approximate surface area is 169 Å². The predicted molar refractivity (Wildman–Crippen MR) is 124 cm³/mol. The molecule has 0 aromatic heterocycles. The molecule has 0 unspecified atom stereocenters. The quantitative estimate of drug-likeness (QED) is 0.327. The van der Waals surface area contributed by atoms with Gasteiger partial charge in [0.15, 0.2) is 0 Å². The highest BCUT2D eigenvalue weighted by Crippen LogP contribution is 2.44. The van der Waals surface area contributed by atoms with Crippen LogP contribution in [0.15, 0.2) is 53.3 Å². The number of rotatable bonds is 10. The molecule has 0 amide bonds. The first-order chi connectivity index (χ1) is 13.0. The second kappa shape index (κ2) is 11.0. The molecule has 1 N–H and O–H groups in total. The van der Waals surface area contributed by atoms with Crippen molar-refractivity contribution >= 4 is 8.07 Å². The van der Waals surface area contributed by atoms with Crippen LogP contribution in [0.4, 0.5) is 0 Å². The lowest BCUT2D eigenvalue weighted by Gasteiger charge is -2.27. The molecule has 0 heterocycles. The van der Waals surface area contributed by atoms with Gasteiger partial charge in [0.25, 0.3) is 0 Å². The van der Waals surface area contributed by atoms with Crippen LogP contribution in [0, 0.1) is 5.92 Å². The largest absolute Gasteiger partial charge is 0.309 e. The van der Waals surface area contributed by atoms with Gasteiger partial charge in [0.2, 0.25) is 0 Å². The van der Waals surface area contributed by atoms with Crippen LogP contribution in [0.25, 0.3) is 0 Å². The molecule has 1 nitrogen and oxygen atoms in total. The lowest BCUT2D eigenvalue weighted by atomic mass is 9.87. The summed E-state index contributed by atoms with van der Waals surface area (Å²) in [5.41, 5.74) is 7.44. The number of allylic oxidation sites excluding steroid dienone is 2. The average Bonchev–Trinajstić information content (AvgIpc) is 3.01. The van der Waals surface area contributed by atoms with Crippen molar-refractivity contribution in [3.8, 4) is 0 Å². The van der Waals surface area contributed by atoms with Crippen LogP contribution in [0.5, 0.6) is 0 Å². The summed E-state index contributed by atoms with van der Waals surface area (Å²) in [6.45, 7) is 13.0. The van der Waals surface area contributed by atoms with E-state index in [1.54, 1.807) is 11.1 Å². The van der Waals surface area contributed by atoms with Gasteiger partial charge >= 0.3 is 0 Å². The molecule has 0 saturated heterocycles. The molecule has 1 aliphatic carbocycles. The van der Waals surface area contributed by atoms with Crippen LogP contribution in [-0.2, 0) is 0 Å². The summed E-state index contributed by atoms with van der Waals surface area (Å²) in [6, 6.07) is 11.6. The second-order valence-electron chi connectivity index (χ2n) is 9.18. The molecule has 2 heteroatoms. The van der Waals surface area contributed by atoms with E-state index < -0.39 is 8.07 Å². The third kappa shape index (κ3) is 7.08. The average molecular weight is 384 g/mol. The molecule has 0 aliphatic heterocycles. The monoisotopic (exact) mass is 383 g/mol. The zero-order chi connectivity index (χ0) is 19.7. The van der Waals surface area contributed by atoms with E-state index in [1.165, 1.54) is 50.5 Å². The zero-order valence-corrected chi connectivity index (χ0v) is 19.4. The Morgan fingerprint density at radius 3 is 2.44 bits per heavy atom. The smallest absolute Gasteiger partial charge is 0.0690 e. The molecular formula is C25H41NSi. The van der Waals surface area contributed by atoms with Crippen molar-refractivity contribution in [3.05, 3.63) is 58.8 Å². The third-order valence-corrected chi connectivity index (χ3v) is 6.66. The van der Waals surface area contributed by atoms with Crippen molar-refractivity contribution in [2.24, 2.45) is 5.92 Å². The molecular weight excluding hydrogens is 342 g/mol. The first kappa shape index (κ1) is 22.2. The number of benzene rings is 1. The van der Waals surface area contributed by atoms with Gasteiger partial charge in [0.05, 0.1) is 8.07 Å². The second-order valence-corrected chi connectivity index (χ2v) is 14.2. The van der Waals surface area contributed by atoms with Crippen LogP contribution < -0.4 is 5.32 Å². The minimum Gasteiger partial charge on any atom is -0.309 e. The molecule has 1 fully saturated rings. The Balaban J connectivity index is 2.32. The Kier molecular flexibility index (Phi) is 9.05. The molecule has 2 rings (SSSR count). The van der Waals surface area contributed by atoms with E-state index >= 15 is 0 Å². The highest BCUT2D eigenvalue weighted by Gasteiger charge is 2.33. The summed E-state index contributed by atoms with van der Waals surface area (Å²) in [5, 5.41) is 3.89. The van der Waals surface area contributed by atoms with Crippen molar-refractivity contribution in [3.63, 3.8) is 0 Å². The fourth-order valence-corrected chi connectivity index (χ4v) is 5.62. The fraction of sp³-hybridized carbons (Fsp3) is 0.600. The van der Waals surface area contributed by atoms with E-state index in [1.807, 2.05) is 0 Å². The van der Waals surface area contributed by atoms with Gasteiger partial charge in [-0.1, -0.05) is 94.0 Å². The first-order valence-corrected chi connectivity index (χ1v) is 14.7. The van der Waals surface area contributed by atoms with Crippen molar-refractivity contribution in [2.75, 3.05) is 6.54 Å². The zero-order valence-electron chi connectivity index (χ0n) is 18.4. The molecule has 1 aromatic rings. The minimum atomic E-state index is -1.21. The summed E-state index contributed by atoms with van der Waals surface area (Å²) in [7, 11) is -1.21. The van der Waals surface area contributed by atoms with Gasteiger partial charge in [0, 0.05) is 12.0 Å². The Morgan fingerprint density at radius 1 is 1.07 bits per heavy atom. The van der Waals surface area contributed by atoms with Crippen molar-refractivity contribution in [1.29, 1.82) is 0 Å². The van der Waals surface area contributed by atoms with Crippen LogP contribution in [0.2, 0.25) is 19.6 Å². The van der Waals surface area contributed by atoms with Crippen molar-refractivity contribution in [1.82, 2.24) is 5.32 Å². The van der Waals surface area contributed by atoms with Gasteiger partial charge in [-0.2, -0.15) is 0 Å². The first-order valence-electron chi connectivity index (χ1n) is 11.2. The highest BCUT2D eigenvalue weighted by molar-refractivity contribution is 6.81. The number of nitrogens with one attached hydrogen (secondary N) is 1. The molecule has 27 heavy (non-hydrogen) atoms. The van der Waals surface area contributed by atoms with Crippen LogP contribution in [0.3, 0.4) is 0 Å². The third-order valence-electron chi connectivity index (χ3n) is 5.45. The van der Waals surface area contributed by atoms with Crippen LogP contribution in [0.1, 0.15) is 70.4 Å². The Hall–Kier alpha value is -1.12. The molecule has 0 spiro atoms. The summed E-state index contributed by atoms with van der Waals surface area (Å²) in [5.74, 6) is 0.614. The van der Waals surface area contributed by atoms with Gasteiger partial charge < -0.3 is 5.32 Å². The van der Waals surface area contributed by atoms with Gasteiger partial charge in [-0.15, -0.1) is 0 Å². The Bertz CT molecular complexity index is 609. The normalized spacial score (nSPS) is 21.9. The minimum absolute atomic E-state index is 0.441. The molecule has 150 valence electrons. The van der Waals surface area contributed by atoms with E-state index in [9.17, 15) is 0 Å². The topological polar surface area (TPSA) is 12.0 Å². The molecule has 1 aromatic carbocycles. The fourth-order valence-electron chi connectivity index (χ4n) is 4.26. The summed E-state index contributed by atoms with van der Waals surface area (Å²) < 4.78 is 0. The lowest BCUT2D eigenvalue weighted by Crippen LogP contribution is -2.29. The standard InChI is InChI=1S/C25H41NSi/c1-6-8-9-13-16-23-22(20-27(3,4)5)17-18-24(23)25(26-19-7-2)21-14-11-10-12-15-21/h10-12,14-16,20,24-26H,6-9,13,17-19H2,1-5H3/b22-20+,23-16-/t24-,25+/m0/s1. The van der Waals surface area contributed by atoms with E-state index in [0.29, 0.717) is 12.0 Å². The van der Waals surface area contributed by atoms with Gasteiger partial charge in [-0.25, -0.2) is 0 Å². The van der Waals surface area contributed by atoms with Crippen molar-refractivity contribution < 1.29 is 0 Å². The highest BCUT2D eigenvalue weighted by atomic mass is 28.3. The Morgan fingerprint density at radius 2 is 1.81 bits per heavy atom. The summed E-state index contributed by atoms with van der Waals surface area (Å²) in [6.07, 6.45) is 11.5. The van der Waals surface area contributed by atoms with Crippen molar-refractivity contribution in [2.45, 2.75) is 84.5 Å². The molecule has 0 radical (unpaired) electrons. The molecule has 0 bridgehead atoms. The van der Waals surface area contributed by atoms with Crippen LogP contribution >= 0.6 is 0 Å². The molecule has 1 saturated carbocycles. The molecule has 2 atom stereocenters. The molecule has 1 aliphatic rings. The van der Waals surface area contributed by atoms with E-state index in [4.69, 9.17) is 0 Å². The number of hydrogen-bond acceptors (Lipinski definition) is 1. The number of hydrogen-bond donors (Lipinski definition) is 1. The van der Waals surface area contributed by atoms with Gasteiger partial charge in [-0.05, 0) is 49.8 Å². The summed E-state index contributed by atoms with van der Waals surface area (Å²) in [4.78, 5) is 0. The van der Waals surface area contributed by atoms with E-state index in [0.717, 1.165) is 6.54 Å². The lowest BCUT2D eigenvalue weighted by molar-refractivity contribution is 0.410. The van der Waals surface area contributed by atoms with Gasteiger partial charge in [0.1, 0.15) is 0 Å². The predicted octanol–water partition coefficient (Wildman–Crippen LogP) is 7.45. The maximum Gasteiger partial charge on any atom is 0.0690 e. The van der Waals surface area contributed by atoms with E-state index in [2.05, 4.69) is 80.9 Å². The SMILES string of the molecule is CCCCC/C=C1/C(=C/[Si](C)(C)C)CC[C@@H]1[C@H](NCCC)c1ccccc1. The van der Waals surface area contributed by atoms with Gasteiger partial charge in [-0.3, -0.25) is 0 Å². The van der Waals surface area contributed by atoms with Crippen LogP contribution in [-0.4, -0.2) is 14.6 Å². The van der Waals surface area contributed by atoms with E-state index in [-0.39, 0.29) is 0 Å².